The van der Waals surface area contributed by atoms with E-state index in [2.05, 4.69) is 20.0 Å². The molecule has 0 amide bonds. The Morgan fingerprint density at radius 1 is 1.04 bits per heavy atom. The number of nitrogens with zero attached hydrogens (tertiary/aromatic N) is 2. The number of hydrogen-bond donors (Lipinski definition) is 2. The number of nitrogens with one attached hydrogen (secondary N) is 2. The second-order valence-electron chi connectivity index (χ2n) is 6.33. The number of ether oxygens (including phenoxy) is 1. The van der Waals surface area contributed by atoms with Gasteiger partial charge in [-0.15, -0.1) is 0 Å². The van der Waals surface area contributed by atoms with E-state index in [4.69, 9.17) is 4.74 Å². The number of pyridine rings is 2. The van der Waals surface area contributed by atoms with Gasteiger partial charge < -0.3 is 10.1 Å². The van der Waals surface area contributed by atoms with E-state index in [1.165, 1.54) is 7.11 Å². The number of benzene rings is 1. The van der Waals surface area contributed by atoms with E-state index < -0.39 is 10.0 Å². The minimum Gasteiger partial charge on any atom is -0.495 e. The molecule has 146 valence electrons. The van der Waals surface area contributed by atoms with Gasteiger partial charge in [0.1, 0.15) is 16.5 Å². The van der Waals surface area contributed by atoms with Gasteiger partial charge in [-0.05, 0) is 66.9 Å². The number of hydrogen-bond acceptors (Lipinski definition) is 6. The van der Waals surface area contributed by atoms with E-state index in [0.717, 1.165) is 22.4 Å². The first-order valence-electron chi connectivity index (χ1n) is 8.66. The highest BCUT2D eigenvalue weighted by atomic mass is 32.2. The van der Waals surface area contributed by atoms with E-state index in [0.29, 0.717) is 12.3 Å². The fourth-order valence-electron chi connectivity index (χ4n) is 2.59. The maximum atomic E-state index is 12.8. The van der Waals surface area contributed by atoms with Crippen LogP contribution in [0, 0.1) is 13.8 Å². The van der Waals surface area contributed by atoms with Gasteiger partial charge in [0, 0.05) is 18.9 Å². The van der Waals surface area contributed by atoms with Crippen LogP contribution < -0.4 is 14.8 Å². The van der Waals surface area contributed by atoms with E-state index in [1.54, 1.807) is 42.9 Å². The van der Waals surface area contributed by atoms with Crippen molar-refractivity contribution in [2.45, 2.75) is 25.3 Å². The summed E-state index contributed by atoms with van der Waals surface area (Å²) < 4.78 is 33.3. The average Bonchev–Trinajstić information content (AvgIpc) is 2.69. The maximum absolute atomic E-state index is 12.8. The molecule has 0 aliphatic carbocycles. The van der Waals surface area contributed by atoms with Crippen molar-refractivity contribution < 1.29 is 13.2 Å². The Bertz CT molecular complexity index is 1050. The lowest BCUT2D eigenvalue weighted by atomic mass is 10.1. The molecule has 0 saturated carbocycles. The Balaban J connectivity index is 1.73. The van der Waals surface area contributed by atoms with E-state index in [-0.39, 0.29) is 10.7 Å². The molecule has 0 fully saturated rings. The van der Waals surface area contributed by atoms with Gasteiger partial charge in [0.05, 0.1) is 19.0 Å². The molecule has 0 radical (unpaired) electrons. The third-order valence-corrected chi connectivity index (χ3v) is 5.69. The van der Waals surface area contributed by atoms with Crippen molar-refractivity contribution in [3.8, 4) is 5.75 Å². The molecule has 8 heteroatoms. The lowest BCUT2D eigenvalue weighted by Crippen LogP contribution is -2.15. The molecule has 1 aromatic carbocycles. The monoisotopic (exact) mass is 398 g/mol. The van der Waals surface area contributed by atoms with Crippen LogP contribution in [-0.2, 0) is 16.6 Å². The molecular formula is C20H22N4O3S. The summed E-state index contributed by atoms with van der Waals surface area (Å²) in [5, 5.41) is 3.23. The van der Waals surface area contributed by atoms with E-state index >= 15 is 0 Å². The first-order chi connectivity index (χ1) is 13.4. The van der Waals surface area contributed by atoms with Crippen LogP contribution in [0.2, 0.25) is 0 Å². The summed E-state index contributed by atoms with van der Waals surface area (Å²) in [7, 11) is -2.38. The first-order valence-corrected chi connectivity index (χ1v) is 10.1. The van der Waals surface area contributed by atoms with Crippen LogP contribution in [0.5, 0.6) is 5.75 Å². The largest absolute Gasteiger partial charge is 0.495 e. The Labute approximate surface area is 164 Å². The van der Waals surface area contributed by atoms with Crippen molar-refractivity contribution in [3.63, 3.8) is 0 Å². The zero-order chi connectivity index (χ0) is 20.1. The molecule has 3 aromatic rings. The average molecular weight is 398 g/mol. The number of aromatic nitrogens is 2. The molecule has 7 nitrogen and oxygen atoms in total. The Morgan fingerprint density at radius 2 is 1.75 bits per heavy atom. The predicted octanol–water partition coefficient (Wildman–Crippen LogP) is 3.51. The fraction of sp³-hybridized carbons (Fsp3) is 0.200. The van der Waals surface area contributed by atoms with Crippen molar-refractivity contribution in [1.29, 1.82) is 0 Å². The molecule has 2 aromatic heterocycles. The standard InChI is InChI=1S/C20H22N4O3S/c1-14-10-18(27-3)19(11-15(14)2)28(25,26)24-20-5-4-17(13-23-20)22-12-16-6-8-21-9-7-16/h4-11,13,22H,12H2,1-3H3,(H,23,24). The van der Waals surface area contributed by atoms with Crippen LogP contribution in [0.25, 0.3) is 0 Å². The highest BCUT2D eigenvalue weighted by Crippen LogP contribution is 2.28. The zero-order valence-corrected chi connectivity index (χ0v) is 16.7. The van der Waals surface area contributed by atoms with Gasteiger partial charge in [-0.1, -0.05) is 0 Å². The number of sulfonamides is 1. The van der Waals surface area contributed by atoms with E-state index in [9.17, 15) is 8.42 Å². The SMILES string of the molecule is COc1cc(C)c(C)cc1S(=O)(=O)Nc1ccc(NCc2ccncc2)cn1. The van der Waals surface area contributed by atoms with Crippen molar-refractivity contribution in [2.24, 2.45) is 0 Å². The summed E-state index contributed by atoms with van der Waals surface area (Å²) in [4.78, 5) is 8.25. The molecule has 0 unspecified atom stereocenters. The van der Waals surface area contributed by atoms with Crippen LogP contribution in [-0.4, -0.2) is 25.5 Å². The van der Waals surface area contributed by atoms with Gasteiger partial charge in [-0.3, -0.25) is 9.71 Å². The fourth-order valence-corrected chi connectivity index (χ4v) is 3.83. The number of anilines is 2. The summed E-state index contributed by atoms with van der Waals surface area (Å²) in [6, 6.07) is 10.5. The smallest absolute Gasteiger partial charge is 0.266 e. The Morgan fingerprint density at radius 3 is 2.39 bits per heavy atom. The van der Waals surface area contributed by atoms with Gasteiger partial charge in [0.25, 0.3) is 10.0 Å². The molecule has 0 spiro atoms. The van der Waals surface area contributed by atoms with Crippen LogP contribution in [0.3, 0.4) is 0 Å². The minimum absolute atomic E-state index is 0.0831. The van der Waals surface area contributed by atoms with E-state index in [1.807, 2.05) is 26.0 Å². The zero-order valence-electron chi connectivity index (χ0n) is 15.9. The molecule has 2 heterocycles. The molecule has 2 N–H and O–H groups in total. The molecule has 0 atom stereocenters. The first kappa shape index (κ1) is 19.6. The van der Waals surface area contributed by atoms with Crippen molar-refractivity contribution in [3.05, 3.63) is 71.7 Å². The van der Waals surface area contributed by atoms with Crippen LogP contribution in [0.15, 0.2) is 59.9 Å². The van der Waals surface area contributed by atoms with Gasteiger partial charge >= 0.3 is 0 Å². The topological polar surface area (TPSA) is 93.2 Å². The second kappa shape index (κ2) is 8.26. The molecule has 0 aliphatic rings. The Kier molecular flexibility index (Phi) is 5.79. The summed E-state index contributed by atoms with van der Waals surface area (Å²) in [5.41, 5.74) is 3.69. The van der Waals surface area contributed by atoms with Crippen LogP contribution in [0.4, 0.5) is 11.5 Å². The highest BCUT2D eigenvalue weighted by Gasteiger charge is 2.21. The van der Waals surface area contributed by atoms with Crippen LogP contribution >= 0.6 is 0 Å². The summed E-state index contributed by atoms with van der Waals surface area (Å²) in [5.74, 6) is 0.529. The highest BCUT2D eigenvalue weighted by molar-refractivity contribution is 7.92. The summed E-state index contributed by atoms with van der Waals surface area (Å²) >= 11 is 0. The minimum atomic E-state index is -3.83. The third-order valence-electron chi connectivity index (χ3n) is 4.32. The molecule has 0 saturated heterocycles. The van der Waals surface area contributed by atoms with Crippen LogP contribution in [0.1, 0.15) is 16.7 Å². The Hall–Kier alpha value is -3.13. The normalized spacial score (nSPS) is 11.1. The summed E-state index contributed by atoms with van der Waals surface area (Å²) in [6.45, 7) is 4.38. The van der Waals surface area contributed by atoms with Gasteiger partial charge in [0.15, 0.2) is 0 Å². The lowest BCUT2D eigenvalue weighted by Gasteiger charge is -2.14. The maximum Gasteiger partial charge on any atom is 0.266 e. The molecule has 3 rings (SSSR count). The summed E-state index contributed by atoms with van der Waals surface area (Å²) in [6.07, 6.45) is 5.04. The van der Waals surface area contributed by atoms with Crippen molar-refractivity contribution in [1.82, 2.24) is 9.97 Å². The molecule has 28 heavy (non-hydrogen) atoms. The lowest BCUT2D eigenvalue weighted by molar-refractivity contribution is 0.402. The quantitative estimate of drug-likeness (QED) is 0.633. The second-order valence-corrected chi connectivity index (χ2v) is 7.98. The molecule has 0 bridgehead atoms. The van der Waals surface area contributed by atoms with Crippen molar-refractivity contribution in [2.75, 3.05) is 17.1 Å². The number of rotatable bonds is 7. The molecular weight excluding hydrogens is 376 g/mol. The van der Waals surface area contributed by atoms with Gasteiger partial charge in [0.2, 0.25) is 0 Å². The number of aryl methyl sites for hydroxylation is 2. The van der Waals surface area contributed by atoms with Gasteiger partial charge in [-0.25, -0.2) is 13.4 Å². The van der Waals surface area contributed by atoms with Gasteiger partial charge in [-0.2, -0.15) is 0 Å². The van der Waals surface area contributed by atoms with Crippen molar-refractivity contribution >= 4 is 21.5 Å². The third kappa shape index (κ3) is 4.58. The predicted molar refractivity (Wildman–Crippen MR) is 109 cm³/mol. The number of methoxy groups -OCH3 is 1. The molecule has 0 aliphatic heterocycles.